The normalized spacial score (nSPS) is 22.1. The van der Waals surface area contributed by atoms with Crippen molar-refractivity contribution in [3.63, 3.8) is 0 Å². The maximum atomic E-state index is 12.2. The number of alkyl carbamates (subject to hydrolysis) is 1. The summed E-state index contributed by atoms with van der Waals surface area (Å²) in [4.78, 5) is 12.2. The number of aliphatic hydroxyl groups excluding tert-OH is 1. The summed E-state index contributed by atoms with van der Waals surface area (Å²) >= 11 is 0. The molecule has 2 atom stereocenters. The smallest absolute Gasteiger partial charge is 0.407 e. The van der Waals surface area contributed by atoms with E-state index in [1.165, 1.54) is 22.3 Å². The Labute approximate surface area is 147 Å². The van der Waals surface area contributed by atoms with Crippen LogP contribution in [0.3, 0.4) is 0 Å². The molecule has 2 aliphatic rings. The van der Waals surface area contributed by atoms with Crippen LogP contribution in [-0.2, 0) is 4.74 Å². The zero-order valence-electron chi connectivity index (χ0n) is 14.2. The predicted molar refractivity (Wildman–Crippen MR) is 96.5 cm³/mol. The lowest BCUT2D eigenvalue weighted by Crippen LogP contribution is -2.40. The van der Waals surface area contributed by atoms with Gasteiger partial charge in [0.2, 0.25) is 0 Å². The molecule has 0 bridgehead atoms. The molecule has 1 fully saturated rings. The molecule has 0 spiro atoms. The van der Waals surface area contributed by atoms with Gasteiger partial charge in [-0.2, -0.15) is 0 Å². The molecule has 25 heavy (non-hydrogen) atoms. The summed E-state index contributed by atoms with van der Waals surface area (Å²) in [6.45, 7) is 0.329. The van der Waals surface area contributed by atoms with Crippen LogP contribution in [0.15, 0.2) is 48.5 Å². The van der Waals surface area contributed by atoms with E-state index in [9.17, 15) is 9.90 Å². The van der Waals surface area contributed by atoms with E-state index in [4.69, 9.17) is 4.74 Å². The quantitative estimate of drug-likeness (QED) is 0.895. The van der Waals surface area contributed by atoms with Crippen molar-refractivity contribution < 1.29 is 14.6 Å². The van der Waals surface area contributed by atoms with Gasteiger partial charge in [-0.1, -0.05) is 48.5 Å². The van der Waals surface area contributed by atoms with Gasteiger partial charge in [-0.05, 0) is 47.9 Å². The molecule has 2 aromatic carbocycles. The monoisotopic (exact) mass is 337 g/mol. The lowest BCUT2D eigenvalue weighted by atomic mass is 9.93. The highest BCUT2D eigenvalue weighted by atomic mass is 16.5. The highest BCUT2D eigenvalue weighted by Crippen LogP contribution is 2.44. The minimum atomic E-state index is -0.388. The van der Waals surface area contributed by atoms with Gasteiger partial charge in [0.15, 0.2) is 0 Å². The lowest BCUT2D eigenvalue weighted by molar-refractivity contribution is 0.101. The minimum absolute atomic E-state index is 0.0133. The van der Waals surface area contributed by atoms with Gasteiger partial charge in [-0.25, -0.2) is 4.79 Å². The van der Waals surface area contributed by atoms with Gasteiger partial charge in [0, 0.05) is 12.0 Å². The van der Waals surface area contributed by atoms with Crippen LogP contribution in [0.2, 0.25) is 0 Å². The van der Waals surface area contributed by atoms with Crippen molar-refractivity contribution in [3.8, 4) is 11.1 Å². The summed E-state index contributed by atoms with van der Waals surface area (Å²) in [5.41, 5.74) is 4.87. The molecule has 1 amide bonds. The Bertz CT molecular complexity index is 728. The van der Waals surface area contributed by atoms with E-state index < -0.39 is 0 Å². The number of hydrogen-bond donors (Lipinski definition) is 2. The Hall–Kier alpha value is -2.33. The van der Waals surface area contributed by atoms with Crippen LogP contribution < -0.4 is 5.32 Å². The van der Waals surface area contributed by atoms with E-state index in [1.807, 2.05) is 24.3 Å². The number of hydrogen-bond acceptors (Lipinski definition) is 3. The number of ether oxygens (including phenoxy) is 1. The molecule has 0 unspecified atom stereocenters. The third kappa shape index (κ3) is 3.27. The summed E-state index contributed by atoms with van der Waals surface area (Å²) < 4.78 is 5.55. The van der Waals surface area contributed by atoms with E-state index in [0.29, 0.717) is 13.0 Å². The van der Waals surface area contributed by atoms with E-state index in [0.717, 1.165) is 19.3 Å². The fourth-order valence-corrected chi connectivity index (χ4v) is 4.10. The second-order valence-electron chi connectivity index (χ2n) is 6.99. The first-order valence-electron chi connectivity index (χ1n) is 9.02. The summed E-state index contributed by atoms with van der Waals surface area (Å²) in [5.74, 6) is 0.0788. The standard InChI is InChI=1S/C21H23NO3/c23-15-7-5-6-14(12-15)22-21(24)25-13-20-18-10-3-1-8-16(18)17-9-2-4-11-19(17)20/h1-4,8-11,14-15,20,23H,5-7,12-13H2,(H,22,24)/t14-,15+/m1/s1. The van der Waals surface area contributed by atoms with Gasteiger partial charge in [-0.15, -0.1) is 0 Å². The molecule has 0 aliphatic heterocycles. The van der Waals surface area contributed by atoms with Crippen molar-refractivity contribution in [3.05, 3.63) is 59.7 Å². The van der Waals surface area contributed by atoms with Crippen LogP contribution in [0.5, 0.6) is 0 Å². The van der Waals surface area contributed by atoms with Gasteiger partial charge in [0.25, 0.3) is 0 Å². The van der Waals surface area contributed by atoms with Gasteiger partial charge >= 0.3 is 6.09 Å². The first kappa shape index (κ1) is 16.2. The molecular weight excluding hydrogens is 314 g/mol. The van der Waals surface area contributed by atoms with Crippen LogP contribution in [0.4, 0.5) is 4.79 Å². The molecule has 2 N–H and O–H groups in total. The van der Waals surface area contributed by atoms with Crippen molar-refractivity contribution in [2.45, 2.75) is 43.7 Å². The third-order valence-corrected chi connectivity index (χ3v) is 5.31. The SMILES string of the molecule is O=C(N[C@@H]1CCC[C@H](O)C1)OCC1c2ccccc2-c2ccccc21. The van der Waals surface area contributed by atoms with Crippen molar-refractivity contribution in [1.29, 1.82) is 0 Å². The summed E-state index contributed by atoms with van der Waals surface area (Å²) in [6, 6.07) is 16.6. The number of benzene rings is 2. The first-order chi connectivity index (χ1) is 12.2. The molecule has 0 radical (unpaired) electrons. The number of rotatable bonds is 3. The van der Waals surface area contributed by atoms with E-state index in [2.05, 4.69) is 29.6 Å². The van der Waals surface area contributed by atoms with Gasteiger partial charge in [0.1, 0.15) is 6.61 Å². The average Bonchev–Trinajstić information content (AvgIpc) is 2.94. The van der Waals surface area contributed by atoms with Gasteiger partial charge in [-0.3, -0.25) is 0 Å². The Morgan fingerprint density at radius 1 is 1.04 bits per heavy atom. The molecule has 4 nitrogen and oxygen atoms in total. The fourth-order valence-electron chi connectivity index (χ4n) is 4.10. The van der Waals surface area contributed by atoms with E-state index >= 15 is 0 Å². The Kier molecular flexibility index (Phi) is 4.45. The number of fused-ring (bicyclic) bond motifs is 3. The molecule has 2 aromatic rings. The number of nitrogens with one attached hydrogen (secondary N) is 1. The fraction of sp³-hybridized carbons (Fsp3) is 0.381. The van der Waals surface area contributed by atoms with Crippen LogP contribution in [-0.4, -0.2) is 30.0 Å². The largest absolute Gasteiger partial charge is 0.449 e. The maximum absolute atomic E-state index is 12.2. The van der Waals surface area contributed by atoms with Crippen molar-refractivity contribution in [2.24, 2.45) is 0 Å². The number of carbonyl (C=O) groups excluding carboxylic acids is 1. The average molecular weight is 337 g/mol. The molecule has 0 aromatic heterocycles. The zero-order chi connectivity index (χ0) is 17.2. The molecule has 0 heterocycles. The molecule has 2 aliphatic carbocycles. The van der Waals surface area contributed by atoms with Crippen molar-refractivity contribution in [1.82, 2.24) is 5.32 Å². The highest BCUT2D eigenvalue weighted by Gasteiger charge is 2.29. The number of carbonyl (C=O) groups is 1. The van der Waals surface area contributed by atoms with E-state index in [1.54, 1.807) is 0 Å². The zero-order valence-corrected chi connectivity index (χ0v) is 14.2. The summed E-state index contributed by atoms with van der Waals surface area (Å²) in [6.07, 6.45) is 2.58. The topological polar surface area (TPSA) is 58.6 Å². The highest BCUT2D eigenvalue weighted by molar-refractivity contribution is 5.79. The number of aliphatic hydroxyl groups is 1. The number of amides is 1. The summed E-state index contributed by atoms with van der Waals surface area (Å²) in [5, 5.41) is 12.6. The molecule has 130 valence electrons. The van der Waals surface area contributed by atoms with Gasteiger partial charge < -0.3 is 15.2 Å². The molecule has 4 rings (SSSR count). The Morgan fingerprint density at radius 3 is 2.32 bits per heavy atom. The van der Waals surface area contributed by atoms with Crippen LogP contribution in [0.1, 0.15) is 42.7 Å². The van der Waals surface area contributed by atoms with Crippen LogP contribution in [0, 0.1) is 0 Å². The minimum Gasteiger partial charge on any atom is -0.449 e. The van der Waals surface area contributed by atoms with Crippen LogP contribution in [0.25, 0.3) is 11.1 Å². The summed E-state index contributed by atoms with van der Waals surface area (Å²) in [7, 11) is 0. The second kappa shape index (κ2) is 6.89. The molecule has 4 heteroatoms. The van der Waals surface area contributed by atoms with Crippen molar-refractivity contribution in [2.75, 3.05) is 6.61 Å². The van der Waals surface area contributed by atoms with Crippen LogP contribution >= 0.6 is 0 Å². The molecule has 1 saturated carbocycles. The van der Waals surface area contributed by atoms with Crippen molar-refractivity contribution >= 4 is 6.09 Å². The van der Waals surface area contributed by atoms with Gasteiger partial charge in [0.05, 0.1) is 6.10 Å². The third-order valence-electron chi connectivity index (χ3n) is 5.31. The Morgan fingerprint density at radius 2 is 1.68 bits per heavy atom. The molecular formula is C21H23NO3. The Balaban J connectivity index is 1.43. The lowest BCUT2D eigenvalue weighted by Gasteiger charge is -2.26. The molecule has 0 saturated heterocycles. The first-order valence-corrected chi connectivity index (χ1v) is 9.02. The maximum Gasteiger partial charge on any atom is 0.407 e. The second-order valence-corrected chi connectivity index (χ2v) is 6.99. The van der Waals surface area contributed by atoms with E-state index in [-0.39, 0.29) is 24.2 Å². The predicted octanol–water partition coefficient (Wildman–Crippen LogP) is 3.83.